The first-order valence-electron chi connectivity index (χ1n) is 11.5. The predicted molar refractivity (Wildman–Crippen MR) is 131 cm³/mol. The average Bonchev–Trinajstić information content (AvgIpc) is 3.13. The van der Waals surface area contributed by atoms with Crippen molar-refractivity contribution in [2.45, 2.75) is 12.5 Å². The molecule has 3 aromatic carbocycles. The number of likely N-dealkylation sites (tertiary alicyclic amines) is 1. The highest BCUT2D eigenvalue weighted by Crippen LogP contribution is 2.41. The molecule has 1 unspecified atom stereocenters. The van der Waals surface area contributed by atoms with E-state index < -0.39 is 17.7 Å². The van der Waals surface area contributed by atoms with Crippen LogP contribution in [0.1, 0.15) is 22.7 Å². The van der Waals surface area contributed by atoms with Crippen molar-refractivity contribution in [3.05, 3.63) is 101 Å². The third kappa shape index (κ3) is 4.25. The molecule has 1 atom stereocenters. The lowest BCUT2D eigenvalue weighted by atomic mass is 9.95. The summed E-state index contributed by atoms with van der Waals surface area (Å²) in [6.07, 6.45) is 0.442. The molecule has 0 radical (unpaired) electrons. The van der Waals surface area contributed by atoms with Crippen molar-refractivity contribution >= 4 is 23.1 Å². The Balaban J connectivity index is 1.55. The maximum atomic E-state index is 13.3. The Labute approximate surface area is 202 Å². The number of benzene rings is 3. The van der Waals surface area contributed by atoms with E-state index in [1.165, 1.54) is 17.0 Å². The zero-order valence-electron chi connectivity index (χ0n) is 19.3. The zero-order chi connectivity index (χ0) is 24.5. The molecule has 2 aliphatic heterocycles. The number of carbonyl (C=O) groups excluding carboxylic acids is 2. The fourth-order valence-electron chi connectivity index (χ4n) is 4.65. The summed E-state index contributed by atoms with van der Waals surface area (Å²) in [4.78, 5) is 29.9. The van der Waals surface area contributed by atoms with Crippen molar-refractivity contribution in [2.24, 2.45) is 0 Å². The Morgan fingerprint density at radius 1 is 1.06 bits per heavy atom. The number of aliphatic hydroxyl groups excluding tert-OH is 1. The monoisotopic (exact) mass is 472 g/mol. The van der Waals surface area contributed by atoms with Crippen molar-refractivity contribution in [3.63, 3.8) is 0 Å². The van der Waals surface area contributed by atoms with Gasteiger partial charge in [0, 0.05) is 19.2 Å². The molecule has 5 rings (SSSR count). The SMILES string of the molecule is CN1CCOc2ccc(/C(O)=C3/C(=O)C(=O)N(CCc4ccc(F)cc4)C3c3ccccc3)cc21. The molecule has 2 heterocycles. The van der Waals surface area contributed by atoms with Crippen LogP contribution in [-0.4, -0.2) is 48.4 Å². The number of ketones is 1. The minimum atomic E-state index is -0.735. The fourth-order valence-corrected chi connectivity index (χ4v) is 4.65. The third-order valence-electron chi connectivity index (χ3n) is 6.54. The van der Waals surface area contributed by atoms with Crippen LogP contribution in [0, 0.1) is 5.82 Å². The van der Waals surface area contributed by atoms with Gasteiger partial charge in [0.1, 0.15) is 23.9 Å². The maximum Gasteiger partial charge on any atom is 0.295 e. The van der Waals surface area contributed by atoms with Crippen LogP contribution in [0.2, 0.25) is 0 Å². The number of rotatable bonds is 5. The molecular weight excluding hydrogens is 447 g/mol. The molecule has 0 bridgehead atoms. The lowest BCUT2D eigenvalue weighted by Gasteiger charge is -2.28. The van der Waals surface area contributed by atoms with Gasteiger partial charge in [-0.2, -0.15) is 0 Å². The van der Waals surface area contributed by atoms with Crippen molar-refractivity contribution < 1.29 is 23.8 Å². The number of hydrogen-bond acceptors (Lipinski definition) is 5. The van der Waals surface area contributed by atoms with Crippen LogP contribution >= 0.6 is 0 Å². The average molecular weight is 473 g/mol. The topological polar surface area (TPSA) is 70.1 Å². The molecule has 6 nitrogen and oxygen atoms in total. The molecule has 1 amide bonds. The van der Waals surface area contributed by atoms with E-state index in [9.17, 15) is 19.1 Å². The molecule has 1 fully saturated rings. The molecule has 0 spiro atoms. The first kappa shape index (κ1) is 22.7. The van der Waals surface area contributed by atoms with Crippen LogP contribution < -0.4 is 9.64 Å². The summed E-state index contributed by atoms with van der Waals surface area (Å²) in [6.45, 7) is 1.52. The lowest BCUT2D eigenvalue weighted by molar-refractivity contribution is -0.139. The van der Waals surface area contributed by atoms with E-state index in [-0.39, 0.29) is 23.7 Å². The predicted octanol–water partition coefficient (Wildman–Crippen LogP) is 4.32. The van der Waals surface area contributed by atoms with Gasteiger partial charge in [-0.3, -0.25) is 9.59 Å². The van der Waals surface area contributed by atoms with E-state index in [0.717, 1.165) is 16.8 Å². The van der Waals surface area contributed by atoms with Gasteiger partial charge < -0.3 is 19.6 Å². The number of halogens is 1. The second kappa shape index (κ2) is 9.25. The third-order valence-corrected chi connectivity index (χ3v) is 6.54. The molecular formula is C28H25FN2O4. The highest BCUT2D eigenvalue weighted by Gasteiger charge is 2.45. The summed E-state index contributed by atoms with van der Waals surface area (Å²) < 4.78 is 19.0. The molecule has 35 heavy (non-hydrogen) atoms. The molecule has 178 valence electrons. The van der Waals surface area contributed by atoms with E-state index in [2.05, 4.69) is 0 Å². The van der Waals surface area contributed by atoms with Crippen LogP contribution in [-0.2, 0) is 16.0 Å². The molecule has 3 aromatic rings. The summed E-state index contributed by atoms with van der Waals surface area (Å²) in [6, 6.07) is 19.8. The lowest BCUT2D eigenvalue weighted by Crippen LogP contribution is -2.31. The quantitative estimate of drug-likeness (QED) is 0.340. The number of Topliss-reactive ketones (excluding diaryl/α,β-unsaturated/α-hetero) is 1. The number of hydrogen-bond donors (Lipinski definition) is 1. The van der Waals surface area contributed by atoms with Gasteiger partial charge in [-0.1, -0.05) is 42.5 Å². The molecule has 0 saturated carbocycles. The van der Waals surface area contributed by atoms with Gasteiger partial charge >= 0.3 is 0 Å². The zero-order valence-corrected chi connectivity index (χ0v) is 19.3. The second-order valence-electron chi connectivity index (χ2n) is 8.73. The van der Waals surface area contributed by atoms with Gasteiger partial charge in [-0.05, 0) is 47.9 Å². The number of likely N-dealkylation sites (N-methyl/N-ethyl adjacent to an activating group) is 1. The number of anilines is 1. The summed E-state index contributed by atoms with van der Waals surface area (Å²) in [5.74, 6) is -1.24. The van der Waals surface area contributed by atoms with Crippen LogP contribution in [0.15, 0.2) is 78.4 Å². The van der Waals surface area contributed by atoms with Gasteiger partial charge in [0.25, 0.3) is 11.7 Å². The largest absolute Gasteiger partial charge is 0.507 e. The van der Waals surface area contributed by atoms with Gasteiger partial charge in [0.05, 0.1) is 23.8 Å². The van der Waals surface area contributed by atoms with Gasteiger partial charge in [0.2, 0.25) is 0 Å². The summed E-state index contributed by atoms with van der Waals surface area (Å²) in [5.41, 5.74) is 2.88. The van der Waals surface area contributed by atoms with E-state index in [4.69, 9.17) is 4.74 Å². The van der Waals surface area contributed by atoms with Gasteiger partial charge in [-0.15, -0.1) is 0 Å². The Bertz CT molecular complexity index is 1300. The smallest absolute Gasteiger partial charge is 0.295 e. The van der Waals surface area contributed by atoms with Crippen LogP contribution in [0.4, 0.5) is 10.1 Å². The number of carbonyl (C=O) groups is 2. The van der Waals surface area contributed by atoms with Crippen LogP contribution in [0.25, 0.3) is 5.76 Å². The minimum absolute atomic E-state index is 0.0552. The first-order chi connectivity index (χ1) is 16.9. The molecule has 1 saturated heterocycles. The summed E-state index contributed by atoms with van der Waals surface area (Å²) in [5, 5.41) is 11.3. The highest BCUT2D eigenvalue weighted by atomic mass is 19.1. The minimum Gasteiger partial charge on any atom is -0.507 e. The van der Waals surface area contributed by atoms with Gasteiger partial charge in [0.15, 0.2) is 0 Å². The van der Waals surface area contributed by atoms with Crippen molar-refractivity contribution in [1.82, 2.24) is 4.90 Å². The molecule has 2 aliphatic rings. The second-order valence-corrected chi connectivity index (χ2v) is 8.73. The van der Waals surface area contributed by atoms with Crippen LogP contribution in [0.5, 0.6) is 5.75 Å². The van der Waals surface area contributed by atoms with Crippen LogP contribution in [0.3, 0.4) is 0 Å². The highest BCUT2D eigenvalue weighted by molar-refractivity contribution is 6.46. The van der Waals surface area contributed by atoms with E-state index in [0.29, 0.717) is 30.9 Å². The standard InChI is InChI=1S/C28H25FN2O4/c1-30-15-16-35-23-12-9-20(17-22(23)30)26(32)24-25(19-5-3-2-4-6-19)31(28(34)27(24)33)14-13-18-7-10-21(29)11-8-18/h2-12,17,25,32H,13-16H2,1H3/b26-24-. The molecule has 7 heteroatoms. The van der Waals surface area contributed by atoms with Crippen molar-refractivity contribution in [1.29, 1.82) is 0 Å². The van der Waals surface area contributed by atoms with E-state index >= 15 is 0 Å². The number of fused-ring (bicyclic) bond motifs is 1. The molecule has 0 aliphatic carbocycles. The maximum absolute atomic E-state index is 13.3. The van der Waals surface area contributed by atoms with Gasteiger partial charge in [-0.25, -0.2) is 4.39 Å². The number of ether oxygens (including phenoxy) is 1. The number of aliphatic hydroxyl groups is 1. The molecule has 0 aromatic heterocycles. The fraction of sp³-hybridized carbons (Fsp3) is 0.214. The van der Waals surface area contributed by atoms with E-state index in [1.807, 2.05) is 42.3 Å². The Morgan fingerprint density at radius 2 is 1.80 bits per heavy atom. The number of amides is 1. The Kier molecular flexibility index (Phi) is 5.99. The van der Waals surface area contributed by atoms with E-state index in [1.54, 1.807) is 30.3 Å². The van der Waals surface area contributed by atoms with Crippen molar-refractivity contribution in [3.8, 4) is 5.75 Å². The Morgan fingerprint density at radius 3 is 2.54 bits per heavy atom. The van der Waals surface area contributed by atoms with Crippen molar-refractivity contribution in [2.75, 3.05) is 31.6 Å². The first-order valence-corrected chi connectivity index (χ1v) is 11.5. The molecule has 1 N–H and O–H groups in total. The summed E-state index contributed by atoms with van der Waals surface area (Å²) in [7, 11) is 1.93. The summed E-state index contributed by atoms with van der Waals surface area (Å²) >= 11 is 0. The number of nitrogens with zero attached hydrogens (tertiary/aromatic N) is 2. The Hall–Kier alpha value is -4.13. The normalized spacial score (nSPS) is 19.0.